The van der Waals surface area contributed by atoms with Crippen molar-refractivity contribution in [3.63, 3.8) is 0 Å². The Bertz CT molecular complexity index is 843. The van der Waals surface area contributed by atoms with Crippen molar-refractivity contribution < 1.29 is 14.3 Å². The molecule has 1 aliphatic rings. The number of rotatable bonds is 7. The number of hydrogen-bond donors (Lipinski definition) is 0. The zero-order chi connectivity index (χ0) is 18.0. The van der Waals surface area contributed by atoms with Gasteiger partial charge in [-0.3, -0.25) is 9.59 Å². The molecule has 1 aliphatic carbocycles. The van der Waals surface area contributed by atoms with Crippen molar-refractivity contribution >= 4 is 25.7 Å². The van der Waals surface area contributed by atoms with Crippen molar-refractivity contribution in [2.75, 3.05) is 13.7 Å². The van der Waals surface area contributed by atoms with Crippen LogP contribution >= 0.6 is 0 Å². The van der Waals surface area contributed by atoms with Gasteiger partial charge in [-0.05, 0) is 31.0 Å². The van der Waals surface area contributed by atoms with Crippen LogP contribution in [0.1, 0.15) is 18.5 Å². The van der Waals surface area contributed by atoms with Crippen LogP contribution in [0.5, 0.6) is 0 Å². The normalized spacial score (nSPS) is 15.5. The van der Waals surface area contributed by atoms with Gasteiger partial charge in [-0.1, -0.05) is 25.2 Å². The first-order valence-electron chi connectivity index (χ1n) is 8.66. The molecule has 7 heteroatoms. The second-order valence-electron chi connectivity index (χ2n) is 6.99. The molecule has 25 heavy (non-hydrogen) atoms. The molecule has 1 fully saturated rings. The Morgan fingerprint density at radius 2 is 2.04 bits per heavy atom. The summed E-state index contributed by atoms with van der Waals surface area (Å²) in [5.41, 5.74) is -0.0782. The molecular formula is C18H24N2O4Si. The van der Waals surface area contributed by atoms with Crippen molar-refractivity contribution in [3.05, 3.63) is 40.2 Å². The molecule has 0 unspecified atom stereocenters. The highest BCUT2D eigenvalue weighted by Crippen LogP contribution is 2.47. The third kappa shape index (κ3) is 3.39. The van der Waals surface area contributed by atoms with E-state index < -0.39 is 14.2 Å². The number of aromatic nitrogens is 2. The van der Waals surface area contributed by atoms with Crippen molar-refractivity contribution in [2.24, 2.45) is 0 Å². The molecule has 1 aromatic carbocycles. The minimum atomic E-state index is -0.886. The third-order valence-corrected chi connectivity index (χ3v) is 6.09. The predicted octanol–water partition coefficient (Wildman–Crippen LogP) is 2.06. The van der Waals surface area contributed by atoms with Crippen molar-refractivity contribution in [1.29, 1.82) is 0 Å². The Hall–Kier alpha value is -1.99. The molecule has 0 radical (unpaired) electrons. The van der Waals surface area contributed by atoms with E-state index in [-0.39, 0.29) is 23.8 Å². The fraction of sp³-hybridized carbons (Fsp3) is 0.500. The standard InChI is InChI=1S/C18H24N2O4Si/c1-23-17(22)18(8-9-18)16-15(21)13-6-4-5-7-14(13)20(19-16)12-24-10-11-25(2)3/h4-7,25H,8-12H2,1-3H3. The van der Waals surface area contributed by atoms with Crippen LogP contribution in [0.15, 0.2) is 29.1 Å². The molecule has 134 valence electrons. The van der Waals surface area contributed by atoms with Crippen LogP contribution in [0.25, 0.3) is 10.9 Å². The third-order valence-electron chi connectivity index (χ3n) is 4.70. The summed E-state index contributed by atoms with van der Waals surface area (Å²) in [5, 5.41) is 5.07. The maximum atomic E-state index is 12.9. The summed E-state index contributed by atoms with van der Waals surface area (Å²) in [6.07, 6.45) is 1.19. The summed E-state index contributed by atoms with van der Waals surface area (Å²) in [7, 11) is 0.683. The Kier molecular flexibility index (Phi) is 5.05. The lowest BCUT2D eigenvalue weighted by Gasteiger charge is -2.16. The van der Waals surface area contributed by atoms with Crippen LogP contribution in [0.4, 0.5) is 0 Å². The summed E-state index contributed by atoms with van der Waals surface area (Å²) in [5.74, 6) is -0.384. The van der Waals surface area contributed by atoms with Crippen LogP contribution in [0, 0.1) is 0 Å². The van der Waals surface area contributed by atoms with Gasteiger partial charge in [-0.25, -0.2) is 4.68 Å². The highest BCUT2D eigenvalue weighted by atomic mass is 28.3. The minimum Gasteiger partial charge on any atom is -0.468 e. The number of hydrogen-bond acceptors (Lipinski definition) is 5. The van der Waals surface area contributed by atoms with Crippen molar-refractivity contribution in [3.8, 4) is 0 Å². The zero-order valence-corrected chi connectivity index (χ0v) is 16.1. The van der Waals surface area contributed by atoms with E-state index in [1.54, 1.807) is 10.7 Å². The van der Waals surface area contributed by atoms with E-state index >= 15 is 0 Å². The fourth-order valence-corrected chi connectivity index (χ4v) is 3.62. The molecule has 2 aromatic rings. The summed E-state index contributed by atoms with van der Waals surface area (Å²) >= 11 is 0. The topological polar surface area (TPSA) is 70.4 Å². The Morgan fingerprint density at radius 3 is 2.68 bits per heavy atom. The largest absolute Gasteiger partial charge is 0.468 e. The van der Waals surface area contributed by atoms with Gasteiger partial charge in [-0.2, -0.15) is 5.10 Å². The van der Waals surface area contributed by atoms with Gasteiger partial charge >= 0.3 is 5.97 Å². The average Bonchev–Trinajstić information content (AvgIpc) is 3.41. The van der Waals surface area contributed by atoms with Gasteiger partial charge in [0.2, 0.25) is 5.43 Å². The van der Waals surface area contributed by atoms with E-state index in [1.807, 2.05) is 18.2 Å². The van der Waals surface area contributed by atoms with E-state index in [0.717, 1.165) is 11.6 Å². The second kappa shape index (κ2) is 7.09. The number of esters is 1. The lowest BCUT2D eigenvalue weighted by Crippen LogP contribution is -2.32. The Morgan fingerprint density at radius 1 is 1.32 bits per heavy atom. The van der Waals surface area contributed by atoms with Gasteiger partial charge in [0.05, 0.1) is 12.6 Å². The van der Waals surface area contributed by atoms with E-state index in [9.17, 15) is 9.59 Å². The monoisotopic (exact) mass is 360 g/mol. The molecule has 1 heterocycles. The zero-order valence-electron chi connectivity index (χ0n) is 14.9. The SMILES string of the molecule is COC(=O)C1(c2nn(COCC[SiH](C)C)c3ccccc3c2=O)CC1. The number of para-hydroxylation sites is 1. The van der Waals surface area contributed by atoms with Gasteiger partial charge < -0.3 is 9.47 Å². The van der Waals surface area contributed by atoms with E-state index in [0.29, 0.717) is 24.8 Å². The first kappa shape index (κ1) is 17.8. The lowest BCUT2D eigenvalue weighted by atomic mass is 10.0. The second-order valence-corrected chi connectivity index (χ2v) is 10.4. The summed E-state index contributed by atoms with van der Waals surface area (Å²) in [6, 6.07) is 8.41. The first-order chi connectivity index (χ1) is 12.0. The lowest BCUT2D eigenvalue weighted by molar-refractivity contribution is -0.143. The number of benzene rings is 1. The minimum absolute atomic E-state index is 0.190. The van der Waals surface area contributed by atoms with Crippen LogP contribution < -0.4 is 5.43 Å². The molecule has 0 bridgehead atoms. The fourth-order valence-electron chi connectivity index (χ4n) is 2.98. The van der Waals surface area contributed by atoms with Gasteiger partial charge in [0.1, 0.15) is 17.8 Å². The van der Waals surface area contributed by atoms with E-state index in [2.05, 4.69) is 18.2 Å². The molecular weight excluding hydrogens is 336 g/mol. The maximum absolute atomic E-state index is 12.9. The van der Waals surface area contributed by atoms with Gasteiger partial charge in [0, 0.05) is 20.8 Å². The smallest absolute Gasteiger partial charge is 0.318 e. The molecule has 0 N–H and O–H groups in total. The predicted molar refractivity (Wildman–Crippen MR) is 98.6 cm³/mol. The van der Waals surface area contributed by atoms with Gasteiger partial charge in [0.15, 0.2) is 0 Å². The van der Waals surface area contributed by atoms with Crippen molar-refractivity contribution in [1.82, 2.24) is 9.78 Å². The molecule has 0 amide bonds. The average molecular weight is 360 g/mol. The highest BCUT2D eigenvalue weighted by Gasteiger charge is 2.56. The maximum Gasteiger partial charge on any atom is 0.318 e. The van der Waals surface area contributed by atoms with E-state index in [1.165, 1.54) is 7.11 Å². The van der Waals surface area contributed by atoms with Crippen LogP contribution in [0.3, 0.4) is 0 Å². The summed E-state index contributed by atoms with van der Waals surface area (Å²) < 4.78 is 12.4. The summed E-state index contributed by atoms with van der Waals surface area (Å²) in [6.45, 7) is 5.51. The quantitative estimate of drug-likeness (QED) is 0.429. The summed E-state index contributed by atoms with van der Waals surface area (Å²) in [4.78, 5) is 25.1. The molecule has 6 nitrogen and oxygen atoms in total. The van der Waals surface area contributed by atoms with Crippen LogP contribution in [-0.4, -0.2) is 38.3 Å². The molecule has 0 spiro atoms. The first-order valence-corrected chi connectivity index (χ1v) is 11.8. The molecule has 1 saturated carbocycles. The molecule has 0 saturated heterocycles. The highest BCUT2D eigenvalue weighted by molar-refractivity contribution is 6.55. The van der Waals surface area contributed by atoms with Crippen LogP contribution in [-0.2, 0) is 26.4 Å². The van der Waals surface area contributed by atoms with Crippen LogP contribution in [0.2, 0.25) is 19.1 Å². The number of carbonyl (C=O) groups is 1. The number of fused-ring (bicyclic) bond motifs is 1. The molecule has 1 aromatic heterocycles. The number of ether oxygens (including phenoxy) is 2. The molecule has 0 atom stereocenters. The number of nitrogens with zero attached hydrogens (tertiary/aromatic N) is 2. The molecule has 0 aliphatic heterocycles. The number of methoxy groups -OCH3 is 1. The molecule has 3 rings (SSSR count). The Balaban J connectivity index is 2.00. The number of carbonyl (C=O) groups excluding carboxylic acids is 1. The van der Waals surface area contributed by atoms with Gasteiger partial charge in [-0.15, -0.1) is 0 Å². The van der Waals surface area contributed by atoms with Crippen molar-refractivity contribution in [2.45, 2.75) is 44.1 Å². The van der Waals surface area contributed by atoms with E-state index in [4.69, 9.17) is 9.47 Å². The van der Waals surface area contributed by atoms with Gasteiger partial charge in [0.25, 0.3) is 0 Å². The Labute approximate surface area is 148 Å².